The molecule has 0 aliphatic carbocycles. The van der Waals surface area contributed by atoms with Crippen LogP contribution in [-0.2, 0) is 23.7 Å². The van der Waals surface area contributed by atoms with E-state index in [2.05, 4.69) is 25.4 Å². The van der Waals surface area contributed by atoms with Crippen molar-refractivity contribution >= 4 is 38.6 Å². The zero-order valence-corrected chi connectivity index (χ0v) is 16.7. The number of anilines is 1. The molecule has 0 amide bonds. The van der Waals surface area contributed by atoms with E-state index in [1.54, 1.807) is 36.3 Å². The zero-order chi connectivity index (χ0) is 20.6. The summed E-state index contributed by atoms with van der Waals surface area (Å²) in [6.45, 7) is 0.346. The molecule has 0 aliphatic rings. The lowest BCUT2D eigenvalue weighted by atomic mass is 10.1. The van der Waals surface area contributed by atoms with Crippen molar-refractivity contribution < 1.29 is 13.0 Å². The van der Waals surface area contributed by atoms with Crippen LogP contribution in [0.3, 0.4) is 0 Å². The highest BCUT2D eigenvalue weighted by molar-refractivity contribution is 7.85. The minimum absolute atomic E-state index is 0.0750. The van der Waals surface area contributed by atoms with E-state index in [4.69, 9.17) is 16.2 Å². The molecule has 0 radical (unpaired) electrons. The largest absolute Gasteiger partial charge is 0.365 e. The van der Waals surface area contributed by atoms with Crippen molar-refractivity contribution in [1.82, 2.24) is 24.7 Å². The van der Waals surface area contributed by atoms with Gasteiger partial charge in [-0.1, -0.05) is 12.1 Å². The minimum atomic E-state index is -4.23. The van der Waals surface area contributed by atoms with Crippen LogP contribution in [0.1, 0.15) is 5.56 Å². The number of nitrogens with zero attached hydrogens (tertiary/aromatic N) is 5. The number of hydrogen-bond acceptors (Lipinski definition) is 7. The number of rotatable bonds is 5. The molecule has 0 bridgehead atoms. The number of aryl methyl sites for hydroxylation is 1. The van der Waals surface area contributed by atoms with Crippen molar-refractivity contribution in [2.45, 2.75) is 11.4 Å². The molecule has 11 heteroatoms. The van der Waals surface area contributed by atoms with E-state index in [-0.39, 0.29) is 10.2 Å². The minimum Gasteiger partial charge on any atom is -0.365 e. The van der Waals surface area contributed by atoms with Gasteiger partial charge in [0.15, 0.2) is 5.65 Å². The van der Waals surface area contributed by atoms with Crippen LogP contribution in [0.15, 0.2) is 53.7 Å². The lowest BCUT2D eigenvalue weighted by molar-refractivity contribution is 0.483. The Morgan fingerprint density at radius 2 is 1.79 bits per heavy atom. The highest BCUT2D eigenvalue weighted by atomic mass is 35.5. The highest BCUT2D eigenvalue weighted by Crippen LogP contribution is 2.32. The van der Waals surface area contributed by atoms with E-state index in [1.165, 1.54) is 12.1 Å². The summed E-state index contributed by atoms with van der Waals surface area (Å²) >= 11 is 6.10. The molecule has 3 aromatic heterocycles. The quantitative estimate of drug-likeness (QED) is 0.366. The molecule has 4 aromatic rings. The van der Waals surface area contributed by atoms with Gasteiger partial charge in [-0.3, -0.25) is 9.54 Å². The molecule has 2 N–H and O–H groups in total. The molecular formula is C18H15ClN6O3S. The summed E-state index contributed by atoms with van der Waals surface area (Å²) in [5.41, 5.74) is 2.90. The van der Waals surface area contributed by atoms with Gasteiger partial charge in [0.05, 0.1) is 10.3 Å². The Bertz CT molecular complexity index is 1290. The van der Waals surface area contributed by atoms with Crippen LogP contribution in [0.5, 0.6) is 0 Å². The predicted molar refractivity (Wildman–Crippen MR) is 108 cm³/mol. The van der Waals surface area contributed by atoms with E-state index >= 15 is 0 Å². The Hall–Kier alpha value is -3.08. The van der Waals surface area contributed by atoms with Gasteiger partial charge in [0.1, 0.15) is 11.5 Å². The van der Waals surface area contributed by atoms with Crippen LogP contribution >= 0.6 is 11.6 Å². The van der Waals surface area contributed by atoms with Gasteiger partial charge in [-0.05, 0) is 41.4 Å². The lowest BCUT2D eigenvalue weighted by Crippen LogP contribution is -2.04. The fourth-order valence-electron chi connectivity index (χ4n) is 2.93. The van der Waals surface area contributed by atoms with Crippen LogP contribution < -0.4 is 5.32 Å². The van der Waals surface area contributed by atoms with Crippen molar-refractivity contribution in [2.24, 2.45) is 7.05 Å². The summed E-state index contributed by atoms with van der Waals surface area (Å²) < 4.78 is 33.1. The molecular weight excluding hydrogens is 416 g/mol. The number of benzene rings is 1. The molecule has 0 aliphatic heterocycles. The van der Waals surface area contributed by atoms with Crippen LogP contribution in [-0.4, -0.2) is 37.7 Å². The van der Waals surface area contributed by atoms with Crippen LogP contribution in [0, 0.1) is 0 Å². The molecule has 29 heavy (non-hydrogen) atoms. The maximum absolute atomic E-state index is 11.2. The Labute approximate surface area is 171 Å². The van der Waals surface area contributed by atoms with E-state index in [1.807, 2.05) is 12.1 Å². The average Bonchev–Trinajstić information content (AvgIpc) is 3.03. The van der Waals surface area contributed by atoms with Gasteiger partial charge in [-0.25, -0.2) is 4.68 Å². The van der Waals surface area contributed by atoms with Gasteiger partial charge in [0.25, 0.3) is 10.1 Å². The van der Waals surface area contributed by atoms with Crippen molar-refractivity contribution in [3.8, 4) is 11.3 Å². The lowest BCUT2D eigenvalue weighted by Gasteiger charge is -2.09. The number of aromatic nitrogens is 5. The van der Waals surface area contributed by atoms with Crippen molar-refractivity contribution in [3.63, 3.8) is 0 Å². The first-order chi connectivity index (χ1) is 13.8. The maximum atomic E-state index is 11.2. The van der Waals surface area contributed by atoms with Crippen LogP contribution in [0.2, 0.25) is 5.28 Å². The second kappa shape index (κ2) is 7.39. The molecule has 148 valence electrons. The summed E-state index contributed by atoms with van der Waals surface area (Å²) in [6, 6.07) is 9.55. The van der Waals surface area contributed by atoms with E-state index in [0.717, 1.165) is 11.1 Å². The molecule has 0 fully saturated rings. The number of hydrogen-bond donors (Lipinski definition) is 2. The predicted octanol–water partition coefficient (Wildman–Crippen LogP) is 2.94. The Balaban J connectivity index is 1.72. The molecule has 1 aromatic carbocycles. The van der Waals surface area contributed by atoms with Gasteiger partial charge < -0.3 is 5.32 Å². The monoisotopic (exact) mass is 430 g/mol. The smallest absolute Gasteiger partial charge is 0.294 e. The van der Waals surface area contributed by atoms with Gasteiger partial charge in [-0.2, -0.15) is 23.5 Å². The van der Waals surface area contributed by atoms with E-state index in [0.29, 0.717) is 29.1 Å². The molecule has 0 saturated heterocycles. The number of nitrogens with one attached hydrogen (secondary N) is 1. The van der Waals surface area contributed by atoms with Crippen molar-refractivity contribution in [2.75, 3.05) is 5.32 Å². The highest BCUT2D eigenvalue weighted by Gasteiger charge is 2.18. The summed E-state index contributed by atoms with van der Waals surface area (Å²) in [4.78, 5) is 12.5. The standard InChI is InChI=1S/C18H15ClN6O3S/c1-25-17-14(15(24-25)12-6-8-20-9-7-12)16(22-18(19)23-17)21-10-11-2-4-13(5-3-11)29(26,27)28/h2-9H,10H2,1H3,(H,21,22,23)(H,26,27,28). The third-order valence-corrected chi connectivity index (χ3v) is 5.33. The Morgan fingerprint density at radius 3 is 2.45 bits per heavy atom. The van der Waals surface area contributed by atoms with Crippen molar-refractivity contribution in [1.29, 1.82) is 0 Å². The normalized spacial score (nSPS) is 11.7. The average molecular weight is 431 g/mol. The Morgan fingerprint density at radius 1 is 1.10 bits per heavy atom. The van der Waals surface area contributed by atoms with Gasteiger partial charge >= 0.3 is 0 Å². The summed E-state index contributed by atoms with van der Waals surface area (Å²) in [7, 11) is -2.46. The Kier molecular flexibility index (Phi) is 4.91. The molecule has 0 spiro atoms. The van der Waals surface area contributed by atoms with Crippen LogP contribution in [0.4, 0.5) is 5.82 Å². The first-order valence-electron chi connectivity index (χ1n) is 8.44. The van der Waals surface area contributed by atoms with Crippen LogP contribution in [0.25, 0.3) is 22.3 Å². The number of fused-ring (bicyclic) bond motifs is 1. The molecule has 4 rings (SSSR count). The van der Waals surface area contributed by atoms with Gasteiger partial charge in [-0.15, -0.1) is 0 Å². The third kappa shape index (κ3) is 3.90. The maximum Gasteiger partial charge on any atom is 0.294 e. The molecule has 0 saturated carbocycles. The first-order valence-corrected chi connectivity index (χ1v) is 10.3. The first kappa shape index (κ1) is 19.2. The SMILES string of the molecule is Cn1nc(-c2ccncc2)c2c(NCc3ccc(S(=O)(=O)O)cc3)nc(Cl)nc21. The third-order valence-electron chi connectivity index (χ3n) is 4.29. The summed E-state index contributed by atoms with van der Waals surface area (Å²) in [5.74, 6) is 0.499. The van der Waals surface area contributed by atoms with Gasteiger partial charge in [0.2, 0.25) is 5.28 Å². The molecule has 3 heterocycles. The molecule has 0 atom stereocenters. The second-order valence-electron chi connectivity index (χ2n) is 6.22. The zero-order valence-electron chi connectivity index (χ0n) is 15.1. The molecule has 0 unspecified atom stereocenters. The summed E-state index contributed by atoms with van der Waals surface area (Å²) in [5, 5.41) is 8.54. The molecule has 9 nitrogen and oxygen atoms in total. The number of halogens is 1. The second-order valence-corrected chi connectivity index (χ2v) is 7.98. The van der Waals surface area contributed by atoms with Crippen molar-refractivity contribution in [3.05, 3.63) is 59.6 Å². The van der Waals surface area contributed by atoms with E-state index in [9.17, 15) is 8.42 Å². The van der Waals surface area contributed by atoms with E-state index < -0.39 is 10.1 Å². The number of pyridine rings is 1. The van der Waals surface area contributed by atoms with Gasteiger partial charge in [0, 0.05) is 31.5 Å². The topological polar surface area (TPSA) is 123 Å². The summed E-state index contributed by atoms with van der Waals surface area (Å²) in [6.07, 6.45) is 3.35. The fraction of sp³-hybridized carbons (Fsp3) is 0.111. The fourth-order valence-corrected chi connectivity index (χ4v) is 3.57.